The smallest absolute Gasteiger partial charge is 0.306 e. The van der Waals surface area contributed by atoms with Gasteiger partial charge in [-0.25, -0.2) is 0 Å². The van der Waals surface area contributed by atoms with Crippen LogP contribution in [0.5, 0.6) is 0 Å². The number of ether oxygens (including phenoxy) is 1. The lowest BCUT2D eigenvalue weighted by atomic mass is 10.0. The standard InChI is InChI=1S/C62H113NO5/c1-4-7-10-13-16-19-22-25-28-30-32-34-37-40-43-46-49-52-55-62(67)68-58(53-50-47-44-41-38-35-27-24-21-18-15-12-9-6-3)56-61(66)63-59(57-64)60(65)54-51-48-45-42-39-36-33-31-29-26-23-20-17-14-11-8-5-2/h9,12,18,21,27,35,41,44,50,53,58-60,64-65H,4-8,10-11,13-17,19-20,22-26,28-34,36-40,42-43,45-49,51-52,54-57H2,1-3H3,(H,63,66)/b12-9+,21-18+,35-27+,44-41+,53-50+. The number of unbranched alkanes of at least 4 members (excludes halogenated alkanes) is 33. The lowest BCUT2D eigenvalue weighted by Crippen LogP contribution is -2.46. The van der Waals surface area contributed by atoms with Crippen molar-refractivity contribution >= 4 is 11.9 Å². The molecule has 6 heteroatoms. The van der Waals surface area contributed by atoms with E-state index in [1.165, 1.54) is 186 Å². The lowest BCUT2D eigenvalue weighted by Gasteiger charge is -2.23. The van der Waals surface area contributed by atoms with Crippen molar-refractivity contribution in [3.63, 3.8) is 0 Å². The van der Waals surface area contributed by atoms with Gasteiger partial charge in [-0.2, -0.15) is 0 Å². The van der Waals surface area contributed by atoms with Crippen molar-refractivity contribution in [3.8, 4) is 0 Å². The van der Waals surface area contributed by atoms with E-state index in [4.69, 9.17) is 4.74 Å². The van der Waals surface area contributed by atoms with E-state index in [0.29, 0.717) is 19.3 Å². The Hall–Kier alpha value is -2.44. The van der Waals surface area contributed by atoms with Crippen molar-refractivity contribution in [2.24, 2.45) is 0 Å². The second kappa shape index (κ2) is 55.5. The number of aliphatic hydroxyl groups is 2. The first-order valence-corrected chi connectivity index (χ1v) is 29.5. The SMILES string of the molecule is CC/C=C/C/C=C/C/C=C/C/C=C/C/C=C/C(CC(=O)NC(CO)C(O)CCCCCCCCCCCCCCCCCCC)OC(=O)CCCCCCCCCCCCCCCCCCCC. The maximum atomic E-state index is 13.2. The van der Waals surface area contributed by atoms with Crippen molar-refractivity contribution in [2.75, 3.05) is 6.61 Å². The van der Waals surface area contributed by atoms with Crippen molar-refractivity contribution in [1.82, 2.24) is 5.32 Å². The van der Waals surface area contributed by atoms with Crippen molar-refractivity contribution in [2.45, 2.75) is 315 Å². The molecule has 0 aliphatic rings. The number of carbonyl (C=O) groups excluding carboxylic acids is 2. The van der Waals surface area contributed by atoms with Crippen LogP contribution in [0.2, 0.25) is 0 Å². The average Bonchev–Trinajstić information content (AvgIpc) is 3.33. The second-order valence-corrected chi connectivity index (χ2v) is 20.0. The Labute approximate surface area is 422 Å². The highest BCUT2D eigenvalue weighted by Crippen LogP contribution is 2.18. The summed E-state index contributed by atoms with van der Waals surface area (Å²) < 4.78 is 5.85. The third-order valence-corrected chi connectivity index (χ3v) is 13.4. The number of hydrogen-bond acceptors (Lipinski definition) is 5. The van der Waals surface area contributed by atoms with E-state index >= 15 is 0 Å². The van der Waals surface area contributed by atoms with Crippen LogP contribution in [0.15, 0.2) is 60.8 Å². The summed E-state index contributed by atoms with van der Waals surface area (Å²) in [4.78, 5) is 26.2. The molecule has 0 aromatic carbocycles. The van der Waals surface area contributed by atoms with Crippen molar-refractivity contribution in [3.05, 3.63) is 60.8 Å². The van der Waals surface area contributed by atoms with Gasteiger partial charge in [-0.05, 0) is 51.0 Å². The molecule has 0 heterocycles. The van der Waals surface area contributed by atoms with Gasteiger partial charge in [-0.3, -0.25) is 9.59 Å². The summed E-state index contributed by atoms with van der Waals surface area (Å²) >= 11 is 0. The zero-order chi connectivity index (χ0) is 49.5. The highest BCUT2D eigenvalue weighted by Gasteiger charge is 2.23. The van der Waals surface area contributed by atoms with E-state index in [1.807, 2.05) is 12.2 Å². The molecule has 0 aromatic rings. The van der Waals surface area contributed by atoms with E-state index < -0.39 is 18.2 Å². The van der Waals surface area contributed by atoms with Gasteiger partial charge in [0.15, 0.2) is 0 Å². The fourth-order valence-corrected chi connectivity index (χ4v) is 8.92. The molecule has 3 atom stereocenters. The Morgan fingerprint density at radius 3 is 1.12 bits per heavy atom. The highest BCUT2D eigenvalue weighted by molar-refractivity contribution is 5.78. The van der Waals surface area contributed by atoms with Crippen molar-refractivity contribution < 1.29 is 24.5 Å². The maximum absolute atomic E-state index is 13.2. The van der Waals surface area contributed by atoms with Crippen LogP contribution in [0.4, 0.5) is 0 Å². The fraction of sp³-hybridized carbons (Fsp3) is 0.806. The summed E-state index contributed by atoms with van der Waals surface area (Å²) in [5.74, 6) is -0.616. The van der Waals surface area contributed by atoms with Crippen LogP contribution in [-0.4, -0.2) is 46.9 Å². The molecule has 0 saturated heterocycles. The number of carbonyl (C=O) groups is 2. The number of rotatable bonds is 53. The van der Waals surface area contributed by atoms with Crippen LogP contribution >= 0.6 is 0 Å². The zero-order valence-corrected chi connectivity index (χ0v) is 45.2. The number of esters is 1. The quantitative estimate of drug-likeness (QED) is 0.0321. The van der Waals surface area contributed by atoms with Gasteiger partial charge in [0.25, 0.3) is 0 Å². The first-order valence-electron chi connectivity index (χ1n) is 29.5. The van der Waals surface area contributed by atoms with Crippen molar-refractivity contribution in [1.29, 1.82) is 0 Å². The summed E-state index contributed by atoms with van der Waals surface area (Å²) in [6.07, 6.45) is 70.4. The molecule has 3 N–H and O–H groups in total. The third-order valence-electron chi connectivity index (χ3n) is 13.4. The van der Waals surface area contributed by atoms with Crippen LogP contribution in [-0.2, 0) is 14.3 Å². The Morgan fingerprint density at radius 1 is 0.441 bits per heavy atom. The van der Waals surface area contributed by atoms with Gasteiger partial charge >= 0.3 is 5.97 Å². The number of nitrogens with one attached hydrogen (secondary N) is 1. The Balaban J connectivity index is 4.59. The summed E-state index contributed by atoms with van der Waals surface area (Å²) in [5, 5.41) is 23.8. The second-order valence-electron chi connectivity index (χ2n) is 20.0. The Morgan fingerprint density at radius 2 is 0.765 bits per heavy atom. The number of aliphatic hydroxyl groups excluding tert-OH is 2. The third kappa shape index (κ3) is 50.0. The molecule has 0 aromatic heterocycles. The molecular formula is C62H113NO5. The van der Waals surface area contributed by atoms with Crippen LogP contribution < -0.4 is 5.32 Å². The van der Waals surface area contributed by atoms with E-state index in [9.17, 15) is 19.8 Å². The van der Waals surface area contributed by atoms with Crippen LogP contribution in [0.3, 0.4) is 0 Å². The first-order chi connectivity index (χ1) is 33.5. The monoisotopic (exact) mass is 952 g/mol. The molecule has 0 rings (SSSR count). The summed E-state index contributed by atoms with van der Waals surface area (Å²) in [7, 11) is 0. The average molecular weight is 953 g/mol. The molecule has 0 saturated carbocycles. The summed E-state index contributed by atoms with van der Waals surface area (Å²) in [6.45, 7) is 6.37. The minimum atomic E-state index is -0.820. The Bertz CT molecular complexity index is 1210. The van der Waals surface area contributed by atoms with Crippen LogP contribution in [0.25, 0.3) is 0 Å². The fourth-order valence-electron chi connectivity index (χ4n) is 8.92. The van der Waals surface area contributed by atoms with Gasteiger partial charge in [0.05, 0.1) is 25.2 Å². The van der Waals surface area contributed by atoms with E-state index in [2.05, 4.69) is 74.7 Å². The van der Waals surface area contributed by atoms with Gasteiger partial charge in [-0.15, -0.1) is 0 Å². The lowest BCUT2D eigenvalue weighted by molar-refractivity contribution is -0.148. The number of hydrogen-bond donors (Lipinski definition) is 3. The molecule has 396 valence electrons. The molecule has 6 nitrogen and oxygen atoms in total. The molecule has 0 aliphatic heterocycles. The van der Waals surface area contributed by atoms with Gasteiger partial charge < -0.3 is 20.3 Å². The molecule has 3 unspecified atom stereocenters. The summed E-state index contributed by atoms with van der Waals surface area (Å²) in [6, 6.07) is -0.743. The van der Waals surface area contributed by atoms with Crippen LogP contribution in [0, 0.1) is 0 Å². The molecule has 0 radical (unpaired) electrons. The highest BCUT2D eigenvalue weighted by atomic mass is 16.5. The maximum Gasteiger partial charge on any atom is 0.306 e. The first kappa shape index (κ1) is 65.6. The molecular weight excluding hydrogens is 839 g/mol. The molecule has 0 spiro atoms. The van der Waals surface area contributed by atoms with Gasteiger partial charge in [0.1, 0.15) is 6.10 Å². The minimum Gasteiger partial charge on any atom is -0.458 e. The zero-order valence-electron chi connectivity index (χ0n) is 45.2. The Kier molecular flexibility index (Phi) is 53.5. The molecule has 1 amide bonds. The van der Waals surface area contributed by atoms with E-state index in [1.54, 1.807) is 0 Å². The van der Waals surface area contributed by atoms with Gasteiger partial charge in [0.2, 0.25) is 5.91 Å². The van der Waals surface area contributed by atoms with E-state index in [0.717, 1.165) is 64.2 Å². The minimum absolute atomic E-state index is 0.0437. The van der Waals surface area contributed by atoms with Gasteiger partial charge in [0, 0.05) is 6.42 Å². The number of amides is 1. The van der Waals surface area contributed by atoms with Gasteiger partial charge in [-0.1, -0.05) is 294 Å². The van der Waals surface area contributed by atoms with E-state index in [-0.39, 0.29) is 24.9 Å². The molecule has 0 aliphatic carbocycles. The summed E-state index contributed by atoms with van der Waals surface area (Å²) in [5.41, 5.74) is 0. The molecule has 68 heavy (non-hydrogen) atoms. The molecule has 0 bridgehead atoms. The normalized spacial score (nSPS) is 13.5. The number of allylic oxidation sites excluding steroid dienone is 9. The predicted octanol–water partition coefficient (Wildman–Crippen LogP) is 18.4. The predicted molar refractivity (Wildman–Crippen MR) is 296 cm³/mol. The topological polar surface area (TPSA) is 95.9 Å². The largest absolute Gasteiger partial charge is 0.458 e. The van der Waals surface area contributed by atoms with Crippen LogP contribution in [0.1, 0.15) is 297 Å². The molecule has 0 fully saturated rings.